The lowest BCUT2D eigenvalue weighted by Gasteiger charge is -2.22. The second-order valence-corrected chi connectivity index (χ2v) is 8.35. The fourth-order valence-electron chi connectivity index (χ4n) is 3.77. The number of nitrogens with zero attached hydrogens (tertiary/aromatic N) is 2. The highest BCUT2D eigenvalue weighted by molar-refractivity contribution is 6.20. The number of likely N-dealkylation sites (N-methyl/N-ethyl adjacent to an activating group) is 1. The summed E-state index contributed by atoms with van der Waals surface area (Å²) in [6.07, 6.45) is 3.07. The van der Waals surface area contributed by atoms with E-state index in [1.807, 2.05) is 54.6 Å². The van der Waals surface area contributed by atoms with Crippen molar-refractivity contribution in [2.45, 2.75) is 51.7 Å². The summed E-state index contributed by atoms with van der Waals surface area (Å²) in [7, 11) is 1.66. The molecule has 0 saturated heterocycles. The highest BCUT2D eigenvalue weighted by atomic mass is 16.2. The Morgan fingerprint density at radius 1 is 1.03 bits per heavy atom. The molecule has 8 nitrogen and oxygen atoms in total. The van der Waals surface area contributed by atoms with Crippen LogP contribution in [0.25, 0.3) is 0 Å². The van der Waals surface area contributed by atoms with Crippen LogP contribution in [0.15, 0.2) is 59.6 Å². The van der Waals surface area contributed by atoms with Crippen LogP contribution in [0.2, 0.25) is 0 Å². The van der Waals surface area contributed by atoms with Crippen LogP contribution in [0.1, 0.15) is 50.7 Å². The Balaban J connectivity index is 1.73. The summed E-state index contributed by atoms with van der Waals surface area (Å²) in [5.74, 6) is -0.852. The third kappa shape index (κ3) is 6.21. The maximum atomic E-state index is 13.2. The molecule has 1 aliphatic heterocycles. The number of hydrogen-bond acceptors (Lipinski definition) is 4. The zero-order valence-corrected chi connectivity index (χ0v) is 20.0. The van der Waals surface area contributed by atoms with Gasteiger partial charge in [0.1, 0.15) is 6.04 Å². The monoisotopic (exact) mass is 463 g/mol. The van der Waals surface area contributed by atoms with Gasteiger partial charge in [-0.15, -0.1) is 0 Å². The van der Waals surface area contributed by atoms with Crippen molar-refractivity contribution in [3.05, 3.63) is 65.7 Å². The minimum atomic E-state index is -1.12. The number of benzodiazepines with no additional fused rings is 1. The second-order valence-electron chi connectivity index (χ2n) is 8.35. The number of amides is 4. The van der Waals surface area contributed by atoms with Crippen molar-refractivity contribution in [3.8, 4) is 0 Å². The van der Waals surface area contributed by atoms with Gasteiger partial charge in [-0.3, -0.25) is 9.59 Å². The van der Waals surface area contributed by atoms with Gasteiger partial charge in [0.2, 0.25) is 12.1 Å². The Morgan fingerprint density at radius 2 is 1.74 bits per heavy atom. The molecule has 0 aliphatic carbocycles. The highest BCUT2D eigenvalue weighted by Gasteiger charge is 2.32. The van der Waals surface area contributed by atoms with Gasteiger partial charge in [-0.1, -0.05) is 74.7 Å². The molecule has 1 aliphatic rings. The summed E-state index contributed by atoms with van der Waals surface area (Å²) in [6, 6.07) is 15.8. The van der Waals surface area contributed by atoms with Crippen molar-refractivity contribution >= 4 is 29.2 Å². The number of aliphatic imine (C=N–C) groups is 1. The van der Waals surface area contributed by atoms with Crippen LogP contribution in [0.4, 0.5) is 10.5 Å². The number of urea groups is 1. The second kappa shape index (κ2) is 12.0. The molecule has 2 atom stereocenters. The lowest BCUT2D eigenvalue weighted by atomic mass is 10.0. The fraction of sp³-hybridized carbons (Fsp3) is 0.385. The molecule has 0 radical (unpaired) electrons. The Morgan fingerprint density at radius 3 is 2.47 bits per heavy atom. The van der Waals surface area contributed by atoms with Crippen LogP contribution < -0.4 is 20.9 Å². The Labute approximate surface area is 200 Å². The normalized spacial score (nSPS) is 16.1. The van der Waals surface area contributed by atoms with Gasteiger partial charge in [0, 0.05) is 24.7 Å². The van der Waals surface area contributed by atoms with Crippen LogP contribution in [-0.4, -0.2) is 49.4 Å². The SMILES string of the molecule is CCCCCCNC(=O)N[C@@H](C)C(=O)N[C@H]1N=C(c2ccccc2)c2ccccc2N(C)C1=O. The zero-order chi connectivity index (χ0) is 24.5. The highest BCUT2D eigenvalue weighted by Crippen LogP contribution is 2.27. The van der Waals surface area contributed by atoms with Gasteiger partial charge in [-0.05, 0) is 19.4 Å². The minimum Gasteiger partial charge on any atom is -0.338 e. The van der Waals surface area contributed by atoms with E-state index >= 15 is 0 Å². The molecule has 3 N–H and O–H groups in total. The summed E-state index contributed by atoms with van der Waals surface area (Å²) >= 11 is 0. The predicted molar refractivity (Wildman–Crippen MR) is 134 cm³/mol. The Hall–Kier alpha value is -3.68. The predicted octanol–water partition coefficient (Wildman–Crippen LogP) is 3.21. The summed E-state index contributed by atoms with van der Waals surface area (Å²) in [4.78, 5) is 44.3. The number of rotatable bonds is 9. The topological polar surface area (TPSA) is 103 Å². The quantitative estimate of drug-likeness (QED) is 0.498. The number of nitrogens with one attached hydrogen (secondary N) is 3. The fourth-order valence-corrected chi connectivity index (χ4v) is 3.77. The first-order chi connectivity index (χ1) is 16.4. The molecule has 0 unspecified atom stereocenters. The van der Waals surface area contributed by atoms with E-state index in [1.54, 1.807) is 14.0 Å². The summed E-state index contributed by atoms with van der Waals surface area (Å²) in [6.45, 7) is 4.26. The van der Waals surface area contributed by atoms with Crippen molar-refractivity contribution in [3.63, 3.8) is 0 Å². The lowest BCUT2D eigenvalue weighted by molar-refractivity contribution is -0.128. The van der Waals surface area contributed by atoms with Gasteiger partial charge in [0.15, 0.2) is 0 Å². The van der Waals surface area contributed by atoms with Gasteiger partial charge < -0.3 is 20.9 Å². The van der Waals surface area contributed by atoms with Crippen LogP contribution in [0, 0.1) is 0 Å². The Kier molecular flexibility index (Phi) is 8.79. The van der Waals surface area contributed by atoms with Crippen molar-refractivity contribution in [2.24, 2.45) is 4.99 Å². The molecule has 8 heteroatoms. The van der Waals surface area contributed by atoms with E-state index < -0.39 is 24.1 Å². The zero-order valence-electron chi connectivity index (χ0n) is 20.0. The number of carbonyl (C=O) groups excluding carboxylic acids is 3. The summed E-state index contributed by atoms with van der Waals surface area (Å²) in [5, 5.41) is 8.09. The van der Waals surface area contributed by atoms with E-state index in [0.29, 0.717) is 17.9 Å². The molecule has 3 rings (SSSR count). The first-order valence-electron chi connectivity index (χ1n) is 11.8. The standard InChI is InChI=1S/C26H33N5O3/c1-4-5-6-12-17-27-26(34)28-18(2)24(32)30-23-25(33)31(3)21-16-11-10-15-20(21)22(29-23)19-13-8-7-9-14-19/h7-11,13-16,18,23H,4-6,12,17H2,1-3H3,(H,30,32)(H2,27,28,34)/t18-,23+/m0/s1. The number of para-hydroxylation sites is 1. The van der Waals surface area contributed by atoms with E-state index in [4.69, 9.17) is 0 Å². The van der Waals surface area contributed by atoms with Crippen molar-refractivity contribution in [2.75, 3.05) is 18.5 Å². The van der Waals surface area contributed by atoms with Gasteiger partial charge in [0.05, 0.1) is 11.4 Å². The molecule has 0 saturated carbocycles. The number of benzene rings is 2. The molecular formula is C26H33N5O3. The smallest absolute Gasteiger partial charge is 0.315 e. The molecule has 2 aromatic rings. The van der Waals surface area contributed by atoms with Crippen molar-refractivity contribution in [1.82, 2.24) is 16.0 Å². The van der Waals surface area contributed by atoms with E-state index in [-0.39, 0.29) is 5.91 Å². The van der Waals surface area contributed by atoms with Crippen molar-refractivity contribution < 1.29 is 14.4 Å². The van der Waals surface area contributed by atoms with E-state index in [0.717, 1.165) is 36.8 Å². The molecule has 0 bridgehead atoms. The molecular weight excluding hydrogens is 430 g/mol. The average molecular weight is 464 g/mol. The van der Waals surface area contributed by atoms with Gasteiger partial charge in [-0.25, -0.2) is 9.79 Å². The molecule has 180 valence electrons. The number of unbranched alkanes of at least 4 members (excludes halogenated alkanes) is 3. The molecule has 1 heterocycles. The number of carbonyl (C=O) groups is 3. The van der Waals surface area contributed by atoms with Gasteiger partial charge in [0.25, 0.3) is 5.91 Å². The first-order valence-corrected chi connectivity index (χ1v) is 11.8. The molecule has 0 fully saturated rings. The van der Waals surface area contributed by atoms with Crippen LogP contribution >= 0.6 is 0 Å². The largest absolute Gasteiger partial charge is 0.338 e. The summed E-state index contributed by atoms with van der Waals surface area (Å²) in [5.41, 5.74) is 2.96. The van der Waals surface area contributed by atoms with E-state index in [1.165, 1.54) is 4.90 Å². The third-order valence-electron chi connectivity index (χ3n) is 5.73. The van der Waals surface area contributed by atoms with Crippen LogP contribution in [0.3, 0.4) is 0 Å². The molecule has 2 aromatic carbocycles. The maximum Gasteiger partial charge on any atom is 0.315 e. The molecule has 0 aromatic heterocycles. The molecule has 0 spiro atoms. The first kappa shape index (κ1) is 25.0. The van der Waals surface area contributed by atoms with Crippen LogP contribution in [0.5, 0.6) is 0 Å². The Bertz CT molecular complexity index is 1040. The van der Waals surface area contributed by atoms with Gasteiger partial charge in [-0.2, -0.15) is 0 Å². The minimum absolute atomic E-state index is 0.362. The van der Waals surface area contributed by atoms with Gasteiger partial charge >= 0.3 is 6.03 Å². The molecule has 4 amide bonds. The third-order valence-corrected chi connectivity index (χ3v) is 5.73. The van der Waals surface area contributed by atoms with E-state index in [9.17, 15) is 14.4 Å². The lowest BCUT2D eigenvalue weighted by Crippen LogP contribution is -2.53. The average Bonchev–Trinajstić information content (AvgIpc) is 2.95. The van der Waals surface area contributed by atoms with E-state index in [2.05, 4.69) is 27.9 Å². The maximum absolute atomic E-state index is 13.2. The number of anilines is 1. The molecule has 34 heavy (non-hydrogen) atoms. The van der Waals surface area contributed by atoms with Crippen molar-refractivity contribution in [1.29, 1.82) is 0 Å². The number of fused-ring (bicyclic) bond motifs is 1. The summed E-state index contributed by atoms with van der Waals surface area (Å²) < 4.78 is 0. The van der Waals surface area contributed by atoms with Crippen LogP contribution in [-0.2, 0) is 9.59 Å². The number of hydrogen-bond donors (Lipinski definition) is 3.